The number of aromatic amines is 1. The van der Waals surface area contributed by atoms with Crippen molar-refractivity contribution in [3.05, 3.63) is 62.5 Å². The molecule has 27 heavy (non-hydrogen) atoms. The number of nitrogens with one attached hydrogen (secondary N) is 2. The summed E-state index contributed by atoms with van der Waals surface area (Å²) in [6, 6.07) is 7.36. The molecule has 1 aliphatic heterocycles. The number of thioether (sulfide) groups is 1. The number of ketones is 1. The van der Waals surface area contributed by atoms with Crippen LogP contribution in [0.4, 0.5) is 5.82 Å². The lowest BCUT2D eigenvalue weighted by Gasteiger charge is -2.36. The zero-order valence-electron chi connectivity index (χ0n) is 15.1. The van der Waals surface area contributed by atoms with Gasteiger partial charge in [0.2, 0.25) is 0 Å². The molecule has 0 saturated heterocycles. The van der Waals surface area contributed by atoms with Gasteiger partial charge >= 0.3 is 0 Å². The first-order chi connectivity index (χ1) is 12.9. The minimum absolute atomic E-state index is 0.144. The summed E-state index contributed by atoms with van der Waals surface area (Å²) in [6.07, 6.45) is 3.25. The lowest BCUT2D eigenvalue weighted by Crippen LogP contribution is -2.38. The van der Waals surface area contributed by atoms with Gasteiger partial charge in [-0.2, -0.15) is 0 Å². The van der Waals surface area contributed by atoms with Gasteiger partial charge in [0.15, 0.2) is 5.16 Å². The van der Waals surface area contributed by atoms with E-state index in [0.29, 0.717) is 39.7 Å². The van der Waals surface area contributed by atoms with Gasteiger partial charge in [0.05, 0.1) is 11.5 Å². The smallest absolute Gasteiger partial charge is 0.257 e. The Morgan fingerprint density at radius 2 is 1.93 bits per heavy atom. The average molecular weight is 402 g/mol. The van der Waals surface area contributed by atoms with Crippen LogP contribution in [0.2, 0.25) is 5.02 Å². The normalized spacial score (nSPS) is 21.3. The standard InChI is InChI=1S/C20H20ClN3O2S/c1-10(2)27-20-23-18-17(19(26)24-20)15(11-6-8-12(21)9-7-11)16-13(22-18)4-3-5-14(16)25/h4,6-10,15-16H,3,5H2,1-2H3,(H2,22,23,24,26)/t15-,16-/m1/s1. The molecule has 7 heteroatoms. The van der Waals surface area contributed by atoms with Crippen LogP contribution in [0.15, 0.2) is 46.0 Å². The molecule has 2 atom stereocenters. The molecule has 0 unspecified atom stereocenters. The first-order valence-corrected chi connectivity index (χ1v) is 10.3. The Bertz CT molecular complexity index is 982. The summed E-state index contributed by atoms with van der Waals surface area (Å²) < 4.78 is 0. The molecule has 1 aromatic carbocycles. The van der Waals surface area contributed by atoms with Crippen LogP contribution in [-0.4, -0.2) is 21.0 Å². The fraction of sp³-hybridized carbons (Fsp3) is 0.350. The van der Waals surface area contributed by atoms with E-state index >= 15 is 0 Å². The Balaban J connectivity index is 1.91. The lowest BCUT2D eigenvalue weighted by atomic mass is 9.72. The highest BCUT2D eigenvalue weighted by atomic mass is 35.5. The van der Waals surface area contributed by atoms with Crippen molar-refractivity contribution in [2.75, 3.05) is 5.32 Å². The number of fused-ring (bicyclic) bond motifs is 2. The molecule has 2 N–H and O–H groups in total. The highest BCUT2D eigenvalue weighted by molar-refractivity contribution is 7.99. The zero-order valence-corrected chi connectivity index (χ0v) is 16.7. The van der Waals surface area contributed by atoms with Gasteiger partial charge in [0.25, 0.3) is 5.56 Å². The van der Waals surface area contributed by atoms with Gasteiger partial charge in [-0.25, -0.2) is 4.98 Å². The second kappa shape index (κ2) is 7.17. The molecule has 2 aromatic rings. The maximum atomic E-state index is 13.0. The third kappa shape index (κ3) is 3.44. The van der Waals surface area contributed by atoms with E-state index in [1.54, 1.807) is 12.1 Å². The van der Waals surface area contributed by atoms with E-state index in [1.807, 2.05) is 26.0 Å². The third-order valence-corrected chi connectivity index (χ3v) is 5.99. The topological polar surface area (TPSA) is 74.8 Å². The van der Waals surface area contributed by atoms with Crippen molar-refractivity contribution < 1.29 is 4.79 Å². The number of hydrogen-bond acceptors (Lipinski definition) is 5. The molecule has 0 bridgehead atoms. The van der Waals surface area contributed by atoms with Gasteiger partial charge in [-0.1, -0.05) is 55.4 Å². The maximum Gasteiger partial charge on any atom is 0.257 e. The van der Waals surface area contributed by atoms with Crippen LogP contribution in [0.1, 0.15) is 43.7 Å². The predicted octanol–water partition coefficient (Wildman–Crippen LogP) is 4.34. The molecule has 0 amide bonds. The van der Waals surface area contributed by atoms with Crippen LogP contribution in [0.3, 0.4) is 0 Å². The number of hydrogen-bond donors (Lipinski definition) is 2. The van der Waals surface area contributed by atoms with Crippen LogP contribution in [-0.2, 0) is 4.79 Å². The molecule has 4 rings (SSSR count). The largest absolute Gasteiger partial charge is 0.343 e. The van der Waals surface area contributed by atoms with Crippen molar-refractivity contribution in [3.63, 3.8) is 0 Å². The third-order valence-electron chi connectivity index (χ3n) is 4.85. The molecular formula is C20H20ClN3O2S. The van der Waals surface area contributed by atoms with Crippen LogP contribution in [0.25, 0.3) is 0 Å². The fourth-order valence-electron chi connectivity index (χ4n) is 3.78. The maximum absolute atomic E-state index is 13.0. The fourth-order valence-corrected chi connectivity index (χ4v) is 4.65. The Labute approximate surface area is 166 Å². The summed E-state index contributed by atoms with van der Waals surface area (Å²) in [4.78, 5) is 33.3. The molecule has 1 aromatic heterocycles. The first-order valence-electron chi connectivity index (χ1n) is 9.00. The minimum Gasteiger partial charge on any atom is -0.343 e. The van der Waals surface area contributed by atoms with Crippen LogP contribution in [0, 0.1) is 5.92 Å². The first kappa shape index (κ1) is 18.3. The number of nitrogens with zero attached hydrogens (tertiary/aromatic N) is 1. The van der Waals surface area contributed by atoms with Crippen LogP contribution < -0.4 is 10.9 Å². The van der Waals surface area contributed by atoms with E-state index in [0.717, 1.165) is 11.3 Å². The summed E-state index contributed by atoms with van der Waals surface area (Å²) in [7, 11) is 0. The van der Waals surface area contributed by atoms with Gasteiger partial charge in [-0.15, -0.1) is 0 Å². The molecule has 0 spiro atoms. The van der Waals surface area contributed by atoms with Crippen LogP contribution in [0.5, 0.6) is 0 Å². The van der Waals surface area contributed by atoms with E-state index in [9.17, 15) is 9.59 Å². The molecule has 5 nitrogen and oxygen atoms in total. The van der Waals surface area contributed by atoms with Crippen molar-refractivity contribution in [2.45, 2.75) is 43.0 Å². The lowest BCUT2D eigenvalue weighted by molar-refractivity contribution is -0.122. The minimum atomic E-state index is -0.390. The Kier molecular flexibility index (Phi) is 4.86. The number of halogens is 1. The summed E-state index contributed by atoms with van der Waals surface area (Å²) in [5, 5.41) is 4.76. The van der Waals surface area contributed by atoms with E-state index in [2.05, 4.69) is 21.4 Å². The number of rotatable bonds is 3. The number of aromatic nitrogens is 2. The molecular weight excluding hydrogens is 382 g/mol. The quantitative estimate of drug-likeness (QED) is 0.591. The second-order valence-corrected chi connectivity index (χ2v) is 9.10. The van der Waals surface area contributed by atoms with Gasteiger partial charge in [0, 0.05) is 28.3 Å². The van der Waals surface area contributed by atoms with Crippen molar-refractivity contribution in [1.82, 2.24) is 9.97 Å². The van der Waals surface area contributed by atoms with E-state index in [-0.39, 0.29) is 23.2 Å². The summed E-state index contributed by atoms with van der Waals surface area (Å²) in [5.74, 6) is -0.0736. The van der Waals surface area contributed by atoms with Crippen molar-refractivity contribution in [2.24, 2.45) is 5.92 Å². The number of Topliss-reactive ketones (excluding diaryl/α,β-unsaturated/α-hetero) is 1. The molecule has 1 aliphatic carbocycles. The van der Waals surface area contributed by atoms with Gasteiger partial charge < -0.3 is 10.3 Å². The number of H-pyrrole nitrogens is 1. The molecule has 140 valence electrons. The van der Waals surface area contributed by atoms with E-state index in [1.165, 1.54) is 11.8 Å². The SMILES string of the molecule is CC(C)Sc1nc2c(c(=O)[nH]1)[C@H](c1ccc(Cl)cc1)[C@H]1C(=O)CCC=C1N2. The average Bonchev–Trinajstić information content (AvgIpc) is 2.60. The van der Waals surface area contributed by atoms with Crippen molar-refractivity contribution >= 4 is 35.0 Å². The van der Waals surface area contributed by atoms with Gasteiger partial charge in [-0.3, -0.25) is 9.59 Å². The second-order valence-electron chi connectivity index (χ2n) is 7.10. The predicted molar refractivity (Wildman–Crippen MR) is 109 cm³/mol. The summed E-state index contributed by atoms with van der Waals surface area (Å²) >= 11 is 7.55. The molecule has 0 fully saturated rings. The summed E-state index contributed by atoms with van der Waals surface area (Å²) in [6.45, 7) is 4.10. The van der Waals surface area contributed by atoms with E-state index in [4.69, 9.17) is 11.6 Å². The Morgan fingerprint density at radius 1 is 1.19 bits per heavy atom. The molecule has 2 heterocycles. The number of carbonyl (C=O) groups is 1. The van der Waals surface area contributed by atoms with Crippen molar-refractivity contribution in [3.8, 4) is 0 Å². The molecule has 2 aliphatic rings. The molecule has 0 saturated carbocycles. The molecule has 0 radical (unpaired) electrons. The Hall–Kier alpha value is -2.05. The highest BCUT2D eigenvalue weighted by Crippen LogP contribution is 2.45. The van der Waals surface area contributed by atoms with Crippen LogP contribution >= 0.6 is 23.4 Å². The number of allylic oxidation sites excluding steroid dienone is 2. The van der Waals surface area contributed by atoms with Gasteiger partial charge in [0.1, 0.15) is 11.6 Å². The Morgan fingerprint density at radius 3 is 2.63 bits per heavy atom. The van der Waals surface area contributed by atoms with E-state index < -0.39 is 0 Å². The van der Waals surface area contributed by atoms with Gasteiger partial charge in [-0.05, 0) is 24.1 Å². The number of benzene rings is 1. The number of carbonyl (C=O) groups excluding carboxylic acids is 1. The zero-order chi connectivity index (χ0) is 19.1. The summed E-state index contributed by atoms with van der Waals surface area (Å²) in [5.41, 5.74) is 2.05. The monoisotopic (exact) mass is 401 g/mol. The highest BCUT2D eigenvalue weighted by Gasteiger charge is 2.42. The van der Waals surface area contributed by atoms with Crippen molar-refractivity contribution in [1.29, 1.82) is 0 Å². The number of anilines is 1.